The van der Waals surface area contributed by atoms with Gasteiger partial charge in [0.05, 0.1) is 5.75 Å². The molecule has 0 fully saturated rings. The molecule has 0 atom stereocenters. The summed E-state index contributed by atoms with van der Waals surface area (Å²) in [5.41, 5.74) is 4.21. The molecule has 0 aromatic heterocycles. The van der Waals surface area contributed by atoms with E-state index in [0.29, 0.717) is 11.4 Å². The molecule has 2 aromatic rings. The van der Waals surface area contributed by atoms with E-state index in [9.17, 15) is 13.5 Å². The van der Waals surface area contributed by atoms with Crippen LogP contribution in [0.1, 0.15) is 29.2 Å². The molecule has 0 spiro atoms. The number of nitrogens with one attached hydrogen (secondary N) is 1. The van der Waals surface area contributed by atoms with Gasteiger partial charge in [-0.15, -0.1) is 0 Å². The van der Waals surface area contributed by atoms with Crippen LogP contribution in [0, 0.1) is 13.8 Å². The van der Waals surface area contributed by atoms with Crippen LogP contribution in [-0.2, 0) is 10.0 Å². The van der Waals surface area contributed by atoms with Gasteiger partial charge in [0, 0.05) is 5.69 Å². The number of phenols is 1. The minimum absolute atomic E-state index is 0.0498. The summed E-state index contributed by atoms with van der Waals surface area (Å²) in [5.74, 6) is 0.378. The lowest BCUT2D eigenvalue weighted by molar-refractivity contribution is 0.467. The number of hydrogen-bond acceptors (Lipinski definition) is 3. The summed E-state index contributed by atoms with van der Waals surface area (Å²) in [6, 6.07) is 11.0. The second kappa shape index (κ2) is 6.87. The highest BCUT2D eigenvalue weighted by Gasteiger charge is 2.06. The Hall–Kier alpha value is -2.27. The molecule has 0 saturated carbocycles. The summed E-state index contributed by atoms with van der Waals surface area (Å²) in [6.45, 7) is 5.34. The Morgan fingerprint density at radius 2 is 1.52 bits per heavy atom. The van der Waals surface area contributed by atoms with Crippen molar-refractivity contribution in [2.75, 3.05) is 10.5 Å². The van der Waals surface area contributed by atoms with Gasteiger partial charge in [0.25, 0.3) is 0 Å². The fraction of sp³-hybridized carbons (Fsp3) is 0.222. The minimum Gasteiger partial charge on any atom is -0.507 e. The molecule has 23 heavy (non-hydrogen) atoms. The number of rotatable bonds is 5. The molecule has 0 aliphatic carbocycles. The number of anilines is 1. The van der Waals surface area contributed by atoms with Crippen LogP contribution in [0.3, 0.4) is 0 Å². The summed E-state index contributed by atoms with van der Waals surface area (Å²) in [7, 11) is -3.25. The Morgan fingerprint density at radius 3 is 2.04 bits per heavy atom. The molecule has 2 aromatic carbocycles. The van der Waals surface area contributed by atoms with Crippen LogP contribution in [-0.4, -0.2) is 19.3 Å². The number of hydrogen-bond donors (Lipinski definition) is 2. The number of aryl methyl sites for hydroxylation is 2. The summed E-state index contributed by atoms with van der Waals surface area (Å²) in [6.07, 6.45) is 3.91. The van der Waals surface area contributed by atoms with Crippen LogP contribution >= 0.6 is 0 Å². The number of phenolic OH excluding ortho intramolecular Hbond substituents is 1. The maximum absolute atomic E-state index is 11.5. The van der Waals surface area contributed by atoms with Gasteiger partial charge >= 0.3 is 0 Å². The van der Waals surface area contributed by atoms with Crippen LogP contribution in [0.4, 0.5) is 5.69 Å². The molecule has 0 amide bonds. The van der Waals surface area contributed by atoms with Crippen molar-refractivity contribution in [1.82, 2.24) is 0 Å². The van der Waals surface area contributed by atoms with Gasteiger partial charge in [0.2, 0.25) is 10.0 Å². The lowest BCUT2D eigenvalue weighted by Gasteiger charge is -2.06. The quantitative estimate of drug-likeness (QED) is 0.816. The van der Waals surface area contributed by atoms with Crippen LogP contribution in [0.2, 0.25) is 0 Å². The first-order chi connectivity index (χ1) is 10.8. The highest BCUT2D eigenvalue weighted by molar-refractivity contribution is 7.92. The third-order valence-corrected chi connectivity index (χ3v) is 4.85. The zero-order chi connectivity index (χ0) is 17.0. The maximum Gasteiger partial charge on any atom is 0.232 e. The van der Waals surface area contributed by atoms with Crippen molar-refractivity contribution in [3.8, 4) is 5.75 Å². The van der Waals surface area contributed by atoms with Gasteiger partial charge in [-0.05, 0) is 67.3 Å². The fourth-order valence-corrected chi connectivity index (χ4v) is 2.83. The average Bonchev–Trinajstić information content (AvgIpc) is 2.51. The number of sulfonamides is 1. The summed E-state index contributed by atoms with van der Waals surface area (Å²) in [5, 5.41) is 9.78. The smallest absolute Gasteiger partial charge is 0.232 e. The molecule has 0 bridgehead atoms. The van der Waals surface area contributed by atoms with Crippen molar-refractivity contribution < 1.29 is 13.5 Å². The topological polar surface area (TPSA) is 66.4 Å². The highest BCUT2D eigenvalue weighted by atomic mass is 32.2. The summed E-state index contributed by atoms with van der Waals surface area (Å²) < 4.78 is 25.5. The number of aromatic hydroxyl groups is 1. The molecular formula is C18H21NO3S. The van der Waals surface area contributed by atoms with E-state index in [4.69, 9.17) is 0 Å². The third-order valence-electron chi connectivity index (χ3n) is 3.55. The lowest BCUT2D eigenvalue weighted by Crippen LogP contribution is -2.14. The number of benzene rings is 2. The van der Waals surface area contributed by atoms with Gasteiger partial charge in [0.1, 0.15) is 5.75 Å². The van der Waals surface area contributed by atoms with Crippen molar-refractivity contribution in [1.29, 1.82) is 0 Å². The van der Waals surface area contributed by atoms with E-state index in [0.717, 1.165) is 22.3 Å². The third kappa shape index (κ3) is 4.60. The Morgan fingerprint density at radius 1 is 1.00 bits per heavy atom. The van der Waals surface area contributed by atoms with E-state index >= 15 is 0 Å². The van der Waals surface area contributed by atoms with Gasteiger partial charge in [-0.1, -0.05) is 24.3 Å². The summed E-state index contributed by atoms with van der Waals surface area (Å²) >= 11 is 0. The predicted molar refractivity (Wildman–Crippen MR) is 96.0 cm³/mol. The minimum atomic E-state index is -3.25. The van der Waals surface area contributed by atoms with Gasteiger partial charge in [-0.25, -0.2) is 8.42 Å². The van der Waals surface area contributed by atoms with Crippen molar-refractivity contribution in [2.24, 2.45) is 0 Å². The van der Waals surface area contributed by atoms with Crippen LogP contribution in [0.25, 0.3) is 12.2 Å². The van der Waals surface area contributed by atoms with Crippen molar-refractivity contribution in [3.63, 3.8) is 0 Å². The lowest BCUT2D eigenvalue weighted by atomic mass is 10.0. The van der Waals surface area contributed by atoms with Crippen molar-refractivity contribution >= 4 is 27.9 Å². The van der Waals surface area contributed by atoms with Crippen LogP contribution in [0.15, 0.2) is 36.4 Å². The van der Waals surface area contributed by atoms with E-state index < -0.39 is 10.0 Å². The maximum atomic E-state index is 11.5. The second-order valence-corrected chi connectivity index (χ2v) is 7.48. The largest absolute Gasteiger partial charge is 0.507 e. The Bertz CT molecular complexity index is 799. The standard InChI is InChI=1S/C18H21NO3S/c1-4-23(21,22)19-17-9-7-15(8-10-17)5-6-16-11-13(2)18(20)14(3)12-16/h5-12,19-20H,4H2,1-3H3/b6-5+. The molecule has 0 radical (unpaired) electrons. The zero-order valence-electron chi connectivity index (χ0n) is 13.5. The molecule has 4 nitrogen and oxygen atoms in total. The van der Waals surface area contributed by atoms with Crippen molar-refractivity contribution in [3.05, 3.63) is 58.7 Å². The van der Waals surface area contributed by atoms with E-state index in [1.165, 1.54) is 0 Å². The van der Waals surface area contributed by atoms with Gasteiger partial charge in [0.15, 0.2) is 0 Å². The molecule has 0 unspecified atom stereocenters. The fourth-order valence-electron chi connectivity index (χ4n) is 2.19. The second-order valence-electron chi connectivity index (χ2n) is 5.46. The highest BCUT2D eigenvalue weighted by Crippen LogP contribution is 2.24. The Balaban J connectivity index is 2.15. The van der Waals surface area contributed by atoms with Crippen molar-refractivity contribution in [2.45, 2.75) is 20.8 Å². The van der Waals surface area contributed by atoms with E-state index in [2.05, 4.69) is 4.72 Å². The van der Waals surface area contributed by atoms with E-state index in [1.54, 1.807) is 19.1 Å². The van der Waals surface area contributed by atoms with E-state index in [-0.39, 0.29) is 5.75 Å². The molecule has 122 valence electrons. The predicted octanol–water partition coefficient (Wildman–Crippen LogP) is 3.94. The Kier molecular flexibility index (Phi) is 5.11. The molecule has 5 heteroatoms. The average molecular weight is 331 g/mol. The van der Waals surface area contributed by atoms with E-state index in [1.807, 2.05) is 50.3 Å². The molecule has 0 heterocycles. The molecule has 2 rings (SSSR count). The first-order valence-electron chi connectivity index (χ1n) is 7.39. The zero-order valence-corrected chi connectivity index (χ0v) is 14.3. The SMILES string of the molecule is CCS(=O)(=O)Nc1ccc(/C=C/c2cc(C)c(O)c(C)c2)cc1. The normalized spacial score (nSPS) is 11.8. The molecule has 0 aliphatic rings. The Labute approximate surface area is 137 Å². The first-order valence-corrected chi connectivity index (χ1v) is 9.05. The van der Waals surface area contributed by atoms with Gasteiger partial charge in [-0.3, -0.25) is 4.72 Å². The van der Waals surface area contributed by atoms with Crippen LogP contribution < -0.4 is 4.72 Å². The van der Waals surface area contributed by atoms with Gasteiger partial charge < -0.3 is 5.11 Å². The molecule has 0 saturated heterocycles. The molecule has 2 N–H and O–H groups in total. The molecular weight excluding hydrogens is 310 g/mol. The van der Waals surface area contributed by atoms with Gasteiger partial charge in [-0.2, -0.15) is 0 Å². The molecule has 0 aliphatic heterocycles. The summed E-state index contributed by atoms with van der Waals surface area (Å²) in [4.78, 5) is 0. The van der Waals surface area contributed by atoms with Crippen LogP contribution in [0.5, 0.6) is 5.75 Å². The monoisotopic (exact) mass is 331 g/mol. The first kappa shape index (κ1) is 17.1.